The van der Waals surface area contributed by atoms with E-state index in [2.05, 4.69) is 25.6 Å². The van der Waals surface area contributed by atoms with Crippen LogP contribution in [0.2, 0.25) is 0 Å². The van der Waals surface area contributed by atoms with Crippen LogP contribution in [-0.4, -0.2) is 32.3 Å². The van der Waals surface area contributed by atoms with Crippen molar-refractivity contribution in [1.29, 1.82) is 0 Å². The lowest BCUT2D eigenvalue weighted by molar-refractivity contribution is -0.126. The van der Waals surface area contributed by atoms with Crippen LogP contribution in [0.15, 0.2) is 5.16 Å². The fourth-order valence-corrected chi connectivity index (χ4v) is 2.67. The molecule has 0 spiro atoms. The first-order chi connectivity index (χ1) is 9.16. The van der Waals surface area contributed by atoms with Gasteiger partial charge in [0.25, 0.3) is 0 Å². The van der Waals surface area contributed by atoms with E-state index in [4.69, 9.17) is 0 Å². The highest BCUT2D eigenvalue weighted by molar-refractivity contribution is 7.99. The molecule has 2 rings (SSSR count). The molecule has 7 nitrogen and oxygen atoms in total. The van der Waals surface area contributed by atoms with E-state index >= 15 is 0 Å². The summed E-state index contributed by atoms with van der Waals surface area (Å²) < 4.78 is 2.09. The maximum absolute atomic E-state index is 11.5. The van der Waals surface area contributed by atoms with E-state index in [1.807, 2.05) is 0 Å². The molecule has 8 heteroatoms. The van der Waals surface area contributed by atoms with Gasteiger partial charge in [-0.25, -0.2) is 0 Å². The van der Waals surface area contributed by atoms with Gasteiger partial charge in [-0.2, -0.15) is 0 Å². The average Bonchev–Trinajstić information content (AvgIpc) is 2.61. The Hall–Kier alpha value is -1.57. The Kier molecular flexibility index (Phi) is 4.78. The summed E-state index contributed by atoms with van der Waals surface area (Å²) in [7, 11) is 0. The Bertz CT molecular complexity index is 474. The zero-order valence-electron chi connectivity index (χ0n) is 10.8. The largest absolute Gasteiger partial charge is 0.306 e. The number of fused-ring (bicyclic) bond motifs is 1. The highest BCUT2D eigenvalue weighted by Crippen LogP contribution is 2.21. The van der Waals surface area contributed by atoms with E-state index in [1.165, 1.54) is 25.1 Å². The lowest BCUT2D eigenvalue weighted by Gasteiger charge is -2.07. The first-order valence-electron chi connectivity index (χ1n) is 6.27. The molecule has 2 amide bonds. The molecular formula is C11H17N5O2S. The molecule has 0 fully saturated rings. The van der Waals surface area contributed by atoms with Crippen molar-refractivity contribution in [1.82, 2.24) is 25.6 Å². The second kappa shape index (κ2) is 6.55. The molecular weight excluding hydrogens is 266 g/mol. The van der Waals surface area contributed by atoms with Crippen molar-refractivity contribution in [3.8, 4) is 0 Å². The van der Waals surface area contributed by atoms with Gasteiger partial charge in [-0.1, -0.05) is 18.2 Å². The van der Waals surface area contributed by atoms with Crippen LogP contribution in [0.25, 0.3) is 0 Å². The average molecular weight is 283 g/mol. The number of rotatable bonds is 3. The van der Waals surface area contributed by atoms with Gasteiger partial charge < -0.3 is 4.57 Å². The van der Waals surface area contributed by atoms with Crippen LogP contribution in [0.1, 0.15) is 32.0 Å². The lowest BCUT2D eigenvalue weighted by Crippen LogP contribution is -2.41. The van der Waals surface area contributed by atoms with Gasteiger partial charge in [0.2, 0.25) is 11.8 Å². The third-order valence-corrected chi connectivity index (χ3v) is 3.75. The summed E-state index contributed by atoms with van der Waals surface area (Å²) in [4.78, 5) is 22.1. The van der Waals surface area contributed by atoms with Crippen LogP contribution in [0, 0.1) is 0 Å². The number of carbonyl (C=O) groups excluding carboxylic acids is 2. The van der Waals surface area contributed by atoms with E-state index in [0.717, 1.165) is 36.8 Å². The first-order valence-corrected chi connectivity index (χ1v) is 7.25. The summed E-state index contributed by atoms with van der Waals surface area (Å²) in [5, 5.41) is 9.05. The van der Waals surface area contributed by atoms with Gasteiger partial charge in [-0.05, 0) is 12.8 Å². The van der Waals surface area contributed by atoms with Crippen molar-refractivity contribution in [3.63, 3.8) is 0 Å². The van der Waals surface area contributed by atoms with Crippen LogP contribution in [0.5, 0.6) is 0 Å². The maximum atomic E-state index is 11.5. The minimum absolute atomic E-state index is 0.207. The van der Waals surface area contributed by atoms with Crippen LogP contribution < -0.4 is 10.9 Å². The number of hydrazine groups is 1. The van der Waals surface area contributed by atoms with E-state index < -0.39 is 0 Å². The van der Waals surface area contributed by atoms with Gasteiger partial charge in [-0.3, -0.25) is 20.4 Å². The number of nitrogens with one attached hydrogen (secondary N) is 2. The minimum atomic E-state index is -0.297. The summed E-state index contributed by atoms with van der Waals surface area (Å²) >= 11 is 1.34. The molecule has 1 aromatic rings. The van der Waals surface area contributed by atoms with Crippen molar-refractivity contribution in [2.75, 3.05) is 5.75 Å². The molecule has 0 saturated carbocycles. The molecule has 1 aliphatic rings. The normalized spacial score (nSPS) is 14.4. The fraction of sp³-hybridized carbons (Fsp3) is 0.636. The molecule has 0 saturated heterocycles. The third-order valence-electron chi connectivity index (χ3n) is 2.79. The zero-order chi connectivity index (χ0) is 13.7. The Labute approximate surface area is 115 Å². The van der Waals surface area contributed by atoms with Gasteiger partial charge in [0, 0.05) is 19.9 Å². The fourth-order valence-electron chi connectivity index (χ4n) is 1.89. The van der Waals surface area contributed by atoms with Crippen molar-refractivity contribution >= 4 is 23.6 Å². The van der Waals surface area contributed by atoms with Crippen LogP contribution in [0.3, 0.4) is 0 Å². The summed E-state index contributed by atoms with van der Waals surface area (Å²) in [6.45, 7) is 2.25. The second-order valence-corrected chi connectivity index (χ2v) is 5.32. The van der Waals surface area contributed by atoms with Gasteiger partial charge in [0.15, 0.2) is 5.16 Å². The molecule has 1 aromatic heterocycles. The summed E-state index contributed by atoms with van der Waals surface area (Å²) in [6.07, 6.45) is 4.42. The van der Waals surface area contributed by atoms with E-state index in [0.29, 0.717) is 0 Å². The zero-order valence-corrected chi connectivity index (χ0v) is 11.6. The number of aromatic nitrogens is 3. The number of nitrogens with zero attached hydrogens (tertiary/aromatic N) is 3. The van der Waals surface area contributed by atoms with Gasteiger partial charge in [0.05, 0.1) is 5.75 Å². The van der Waals surface area contributed by atoms with Gasteiger partial charge in [0.1, 0.15) is 5.82 Å². The number of aryl methyl sites for hydroxylation is 1. The van der Waals surface area contributed by atoms with Crippen LogP contribution in [-0.2, 0) is 22.6 Å². The van der Waals surface area contributed by atoms with Crippen LogP contribution >= 0.6 is 11.8 Å². The monoisotopic (exact) mass is 283 g/mol. The molecule has 19 heavy (non-hydrogen) atoms. The first kappa shape index (κ1) is 13.9. The molecule has 0 bridgehead atoms. The number of hydrogen-bond acceptors (Lipinski definition) is 5. The highest BCUT2D eigenvalue weighted by Gasteiger charge is 2.15. The molecule has 0 atom stereocenters. The number of hydrogen-bond donors (Lipinski definition) is 2. The second-order valence-electron chi connectivity index (χ2n) is 4.38. The topological polar surface area (TPSA) is 88.9 Å². The molecule has 0 radical (unpaired) electrons. The van der Waals surface area contributed by atoms with Crippen molar-refractivity contribution < 1.29 is 9.59 Å². The standard InChI is InChI=1S/C11H17N5O2S/c1-8(17)12-14-10(18)7-19-11-15-13-9-5-3-2-4-6-16(9)11/h2-7H2,1H3,(H,12,17)(H,14,18). The molecule has 0 aliphatic carbocycles. The van der Waals surface area contributed by atoms with E-state index in [-0.39, 0.29) is 17.6 Å². The number of thioether (sulfide) groups is 1. The maximum Gasteiger partial charge on any atom is 0.248 e. The smallest absolute Gasteiger partial charge is 0.248 e. The van der Waals surface area contributed by atoms with E-state index in [1.54, 1.807) is 0 Å². The molecule has 2 heterocycles. The summed E-state index contributed by atoms with van der Waals surface area (Å²) in [6, 6.07) is 0. The molecule has 1 aliphatic heterocycles. The molecule has 104 valence electrons. The van der Waals surface area contributed by atoms with Gasteiger partial charge in [-0.15, -0.1) is 10.2 Å². The Morgan fingerprint density at radius 2 is 2.11 bits per heavy atom. The molecule has 2 N–H and O–H groups in total. The summed E-state index contributed by atoms with van der Waals surface area (Å²) in [5.74, 6) is 0.654. The summed E-state index contributed by atoms with van der Waals surface area (Å²) in [5.41, 5.74) is 4.57. The Morgan fingerprint density at radius 1 is 1.26 bits per heavy atom. The van der Waals surface area contributed by atoms with Crippen LogP contribution in [0.4, 0.5) is 0 Å². The molecule has 0 unspecified atom stereocenters. The lowest BCUT2D eigenvalue weighted by atomic mass is 10.2. The third kappa shape index (κ3) is 3.95. The predicted octanol–water partition coefficient (Wildman–Crippen LogP) is 0.264. The van der Waals surface area contributed by atoms with Crippen molar-refractivity contribution in [3.05, 3.63) is 5.82 Å². The van der Waals surface area contributed by atoms with Crippen molar-refractivity contribution in [2.45, 2.75) is 44.3 Å². The van der Waals surface area contributed by atoms with Crippen molar-refractivity contribution in [2.24, 2.45) is 0 Å². The number of amides is 2. The SMILES string of the molecule is CC(=O)NNC(=O)CSc1nnc2n1CCCCC2. The van der Waals surface area contributed by atoms with Gasteiger partial charge >= 0.3 is 0 Å². The Morgan fingerprint density at radius 3 is 2.89 bits per heavy atom. The highest BCUT2D eigenvalue weighted by atomic mass is 32.2. The minimum Gasteiger partial charge on any atom is -0.306 e. The number of carbonyl (C=O) groups is 2. The quantitative estimate of drug-likeness (QED) is 0.614. The Balaban J connectivity index is 1.88. The predicted molar refractivity (Wildman–Crippen MR) is 70.3 cm³/mol. The van der Waals surface area contributed by atoms with E-state index in [9.17, 15) is 9.59 Å². The molecule has 0 aromatic carbocycles.